The third kappa shape index (κ3) is 3.39. The molecular formula is C16H23ClN2O2. The molecule has 4 nitrogen and oxygen atoms in total. The molecular weight excluding hydrogens is 288 g/mol. The van der Waals surface area contributed by atoms with Crippen molar-refractivity contribution in [3.8, 4) is 0 Å². The molecule has 3 unspecified atom stereocenters. The highest BCUT2D eigenvalue weighted by molar-refractivity contribution is 6.30. The quantitative estimate of drug-likeness (QED) is 0.878. The van der Waals surface area contributed by atoms with Gasteiger partial charge in [0.15, 0.2) is 0 Å². The monoisotopic (exact) mass is 310 g/mol. The number of rotatable bonds is 6. The van der Waals surface area contributed by atoms with E-state index in [-0.39, 0.29) is 24.2 Å². The van der Waals surface area contributed by atoms with E-state index in [1.54, 1.807) is 7.11 Å². The fourth-order valence-corrected chi connectivity index (χ4v) is 3.05. The van der Waals surface area contributed by atoms with Crippen LogP contribution in [0.1, 0.15) is 38.4 Å². The van der Waals surface area contributed by atoms with Gasteiger partial charge in [0.25, 0.3) is 0 Å². The van der Waals surface area contributed by atoms with Crippen molar-refractivity contribution in [3.05, 3.63) is 34.9 Å². The third-order valence-electron chi connectivity index (χ3n) is 3.99. The molecule has 1 saturated heterocycles. The molecule has 1 aromatic carbocycles. The van der Waals surface area contributed by atoms with E-state index in [0.717, 1.165) is 18.4 Å². The smallest absolute Gasteiger partial charge is 0.241 e. The number of benzene rings is 1. The van der Waals surface area contributed by atoms with Crippen molar-refractivity contribution < 1.29 is 9.53 Å². The lowest BCUT2D eigenvalue weighted by Crippen LogP contribution is -2.42. The summed E-state index contributed by atoms with van der Waals surface area (Å²) in [4.78, 5) is 14.6. The molecule has 116 valence electrons. The Morgan fingerprint density at radius 1 is 1.43 bits per heavy atom. The van der Waals surface area contributed by atoms with Gasteiger partial charge in [0.1, 0.15) is 6.17 Å². The Balaban J connectivity index is 2.34. The predicted molar refractivity (Wildman–Crippen MR) is 84.2 cm³/mol. The molecule has 0 radical (unpaired) electrons. The van der Waals surface area contributed by atoms with Gasteiger partial charge >= 0.3 is 0 Å². The normalized spacial score (nSPS) is 23.6. The van der Waals surface area contributed by atoms with Crippen molar-refractivity contribution in [2.75, 3.05) is 13.7 Å². The van der Waals surface area contributed by atoms with Crippen LogP contribution in [0.4, 0.5) is 0 Å². The van der Waals surface area contributed by atoms with Crippen molar-refractivity contribution in [1.29, 1.82) is 0 Å². The van der Waals surface area contributed by atoms with Crippen LogP contribution in [-0.4, -0.2) is 36.6 Å². The van der Waals surface area contributed by atoms with Crippen molar-refractivity contribution in [3.63, 3.8) is 0 Å². The van der Waals surface area contributed by atoms with Gasteiger partial charge < -0.3 is 9.64 Å². The second-order valence-electron chi connectivity index (χ2n) is 5.35. The number of ether oxygens (including phenoxy) is 1. The lowest BCUT2D eigenvalue weighted by molar-refractivity contribution is -0.133. The number of carbonyl (C=O) groups excluding carboxylic acids is 1. The summed E-state index contributed by atoms with van der Waals surface area (Å²) in [6.07, 6.45) is 1.49. The van der Waals surface area contributed by atoms with Gasteiger partial charge in [0.2, 0.25) is 5.91 Å². The Bertz CT molecular complexity index is 495. The molecule has 0 saturated carbocycles. The van der Waals surface area contributed by atoms with Crippen LogP contribution in [0.3, 0.4) is 0 Å². The number of hydrogen-bond acceptors (Lipinski definition) is 3. The van der Waals surface area contributed by atoms with Crippen molar-refractivity contribution in [2.24, 2.45) is 0 Å². The SMILES string of the molecule is CCC1NC(c2cccc(Cl)c2)N(C(CC)COC)C1=O. The van der Waals surface area contributed by atoms with Crippen LogP contribution in [0.15, 0.2) is 24.3 Å². The Morgan fingerprint density at radius 2 is 2.19 bits per heavy atom. The number of nitrogens with one attached hydrogen (secondary N) is 1. The lowest BCUT2D eigenvalue weighted by Gasteiger charge is -2.32. The number of hydrogen-bond donors (Lipinski definition) is 1. The van der Waals surface area contributed by atoms with Crippen LogP contribution in [0.5, 0.6) is 0 Å². The first-order valence-corrected chi connectivity index (χ1v) is 7.82. The highest BCUT2D eigenvalue weighted by Gasteiger charge is 2.41. The summed E-state index contributed by atoms with van der Waals surface area (Å²) >= 11 is 6.10. The summed E-state index contributed by atoms with van der Waals surface area (Å²) in [5.74, 6) is 0.145. The minimum Gasteiger partial charge on any atom is -0.383 e. The Labute approximate surface area is 131 Å². The average Bonchev–Trinajstić information content (AvgIpc) is 2.81. The molecule has 1 aliphatic rings. The van der Waals surface area contributed by atoms with Crippen molar-refractivity contribution >= 4 is 17.5 Å². The van der Waals surface area contributed by atoms with E-state index in [1.807, 2.05) is 36.1 Å². The zero-order valence-electron chi connectivity index (χ0n) is 12.8. The highest BCUT2D eigenvalue weighted by atomic mass is 35.5. The third-order valence-corrected chi connectivity index (χ3v) is 4.22. The second-order valence-corrected chi connectivity index (χ2v) is 5.78. The Kier molecular flexibility index (Phi) is 5.62. The molecule has 1 amide bonds. The van der Waals surface area contributed by atoms with Crippen LogP contribution in [0, 0.1) is 0 Å². The molecule has 5 heteroatoms. The van der Waals surface area contributed by atoms with Crippen LogP contribution >= 0.6 is 11.6 Å². The molecule has 0 bridgehead atoms. The first-order valence-electron chi connectivity index (χ1n) is 7.45. The van der Waals surface area contributed by atoms with Crippen molar-refractivity contribution in [1.82, 2.24) is 10.2 Å². The molecule has 0 aromatic heterocycles. The summed E-state index contributed by atoms with van der Waals surface area (Å²) in [7, 11) is 1.67. The van der Waals surface area contributed by atoms with Gasteiger partial charge in [-0.15, -0.1) is 0 Å². The van der Waals surface area contributed by atoms with Crippen LogP contribution in [0.25, 0.3) is 0 Å². The summed E-state index contributed by atoms with van der Waals surface area (Å²) in [5.41, 5.74) is 1.02. The van der Waals surface area contributed by atoms with Gasteiger partial charge in [-0.05, 0) is 30.5 Å². The van der Waals surface area contributed by atoms with E-state index in [9.17, 15) is 4.79 Å². The predicted octanol–water partition coefficient (Wildman–Crippen LogP) is 2.97. The average molecular weight is 311 g/mol. The molecule has 2 rings (SSSR count). The lowest BCUT2D eigenvalue weighted by atomic mass is 10.1. The van der Waals surface area contributed by atoms with E-state index in [1.165, 1.54) is 0 Å². The summed E-state index contributed by atoms with van der Waals surface area (Å²) in [6, 6.07) is 7.60. The van der Waals surface area contributed by atoms with Crippen LogP contribution < -0.4 is 5.32 Å². The van der Waals surface area contributed by atoms with Crippen LogP contribution in [0.2, 0.25) is 5.02 Å². The first-order chi connectivity index (χ1) is 10.1. The molecule has 0 aliphatic carbocycles. The van der Waals surface area contributed by atoms with E-state index in [2.05, 4.69) is 12.2 Å². The van der Waals surface area contributed by atoms with Gasteiger partial charge in [-0.2, -0.15) is 0 Å². The first kappa shape index (κ1) is 16.3. The molecule has 21 heavy (non-hydrogen) atoms. The molecule has 1 fully saturated rings. The number of methoxy groups -OCH3 is 1. The minimum absolute atomic E-state index is 0.0653. The number of halogens is 1. The molecule has 3 atom stereocenters. The van der Waals surface area contributed by atoms with Gasteiger partial charge in [0.05, 0.1) is 18.7 Å². The van der Waals surface area contributed by atoms with E-state index in [4.69, 9.17) is 16.3 Å². The fourth-order valence-electron chi connectivity index (χ4n) is 2.85. The zero-order valence-corrected chi connectivity index (χ0v) is 13.6. The molecule has 1 heterocycles. The van der Waals surface area contributed by atoms with E-state index >= 15 is 0 Å². The Hall–Kier alpha value is -1.10. The molecule has 1 N–H and O–H groups in total. The second kappa shape index (κ2) is 7.25. The number of amides is 1. The van der Waals surface area contributed by atoms with Gasteiger partial charge in [0, 0.05) is 12.1 Å². The number of nitrogens with zero attached hydrogens (tertiary/aromatic N) is 1. The minimum atomic E-state index is -0.139. The van der Waals surface area contributed by atoms with Crippen molar-refractivity contribution in [2.45, 2.75) is 44.9 Å². The topological polar surface area (TPSA) is 41.6 Å². The summed E-state index contributed by atoms with van der Waals surface area (Å²) in [6.45, 7) is 4.63. The van der Waals surface area contributed by atoms with Gasteiger partial charge in [-0.25, -0.2) is 0 Å². The summed E-state index contributed by atoms with van der Waals surface area (Å²) in [5, 5.41) is 4.10. The highest BCUT2D eigenvalue weighted by Crippen LogP contribution is 2.30. The Morgan fingerprint density at radius 3 is 2.76 bits per heavy atom. The zero-order chi connectivity index (χ0) is 15.4. The van der Waals surface area contributed by atoms with Crippen LogP contribution in [-0.2, 0) is 9.53 Å². The molecule has 1 aliphatic heterocycles. The largest absolute Gasteiger partial charge is 0.383 e. The van der Waals surface area contributed by atoms with E-state index < -0.39 is 0 Å². The maximum Gasteiger partial charge on any atom is 0.241 e. The summed E-state index contributed by atoms with van der Waals surface area (Å²) < 4.78 is 5.28. The maximum absolute atomic E-state index is 12.7. The standard InChI is InChI=1S/C16H23ClN2O2/c1-4-13(10-21-3)19-15(18-14(5-2)16(19)20)11-7-6-8-12(17)9-11/h6-9,13-15,18H,4-5,10H2,1-3H3. The van der Waals surface area contributed by atoms with E-state index in [0.29, 0.717) is 11.6 Å². The maximum atomic E-state index is 12.7. The molecule has 0 spiro atoms. The van der Waals surface area contributed by atoms with Gasteiger partial charge in [-0.3, -0.25) is 10.1 Å². The molecule has 1 aromatic rings. The van der Waals surface area contributed by atoms with Gasteiger partial charge in [-0.1, -0.05) is 37.6 Å². The fraction of sp³-hybridized carbons (Fsp3) is 0.562. The number of carbonyl (C=O) groups is 1.